The number of hydrogen-bond donors (Lipinski definition) is 3. The van der Waals surface area contributed by atoms with Crippen molar-refractivity contribution in [2.75, 3.05) is 13.7 Å². The normalized spacial score (nSPS) is 11.7. The number of amides is 3. The lowest BCUT2D eigenvalue weighted by molar-refractivity contribution is -0.121. The second kappa shape index (κ2) is 6.69. The Morgan fingerprint density at radius 3 is 2.68 bits per heavy atom. The molecule has 0 spiro atoms. The summed E-state index contributed by atoms with van der Waals surface area (Å²) in [6.45, 7) is 1.41. The zero-order valence-electron chi connectivity index (χ0n) is 10.7. The standard InChI is InChI=1S/C12H16FN3O3/c1-7(15-2)9-4-3-8(5-10(9)13)19-6-11(17)16-12(14)18/h3-5,7,15H,6H2,1-2H3,(H3,14,16,17,18). The van der Waals surface area contributed by atoms with Crippen LogP contribution in [0.5, 0.6) is 5.75 Å². The molecule has 6 nitrogen and oxygen atoms in total. The summed E-state index contributed by atoms with van der Waals surface area (Å²) >= 11 is 0. The van der Waals surface area contributed by atoms with Crippen molar-refractivity contribution in [1.29, 1.82) is 0 Å². The number of urea groups is 1. The molecule has 0 radical (unpaired) electrons. The number of imide groups is 1. The summed E-state index contributed by atoms with van der Waals surface area (Å²) in [6.07, 6.45) is 0. The van der Waals surface area contributed by atoms with E-state index in [2.05, 4.69) is 5.32 Å². The van der Waals surface area contributed by atoms with E-state index in [1.165, 1.54) is 6.07 Å². The van der Waals surface area contributed by atoms with Crippen molar-refractivity contribution in [3.05, 3.63) is 29.6 Å². The number of carbonyl (C=O) groups excluding carboxylic acids is 2. The van der Waals surface area contributed by atoms with E-state index in [0.717, 1.165) is 0 Å². The fourth-order valence-electron chi connectivity index (χ4n) is 1.43. The van der Waals surface area contributed by atoms with E-state index in [1.807, 2.05) is 12.2 Å². The maximum Gasteiger partial charge on any atom is 0.318 e. The summed E-state index contributed by atoms with van der Waals surface area (Å²) in [6, 6.07) is 3.20. The minimum atomic E-state index is -0.960. The topological polar surface area (TPSA) is 93.4 Å². The molecule has 0 aromatic heterocycles. The molecule has 0 heterocycles. The molecule has 104 valence electrons. The lowest BCUT2D eigenvalue weighted by atomic mass is 10.1. The van der Waals surface area contributed by atoms with Gasteiger partial charge in [-0.15, -0.1) is 0 Å². The SMILES string of the molecule is CNC(C)c1ccc(OCC(=O)NC(N)=O)cc1F. The number of nitrogens with one attached hydrogen (secondary N) is 2. The largest absolute Gasteiger partial charge is 0.484 e. The van der Waals surface area contributed by atoms with Crippen molar-refractivity contribution >= 4 is 11.9 Å². The van der Waals surface area contributed by atoms with Crippen LogP contribution >= 0.6 is 0 Å². The van der Waals surface area contributed by atoms with Crippen LogP contribution in [0.3, 0.4) is 0 Å². The van der Waals surface area contributed by atoms with Crippen molar-refractivity contribution in [2.24, 2.45) is 5.73 Å². The maximum absolute atomic E-state index is 13.7. The minimum Gasteiger partial charge on any atom is -0.484 e. The predicted octanol–water partition coefficient (Wildman–Crippen LogP) is 0.680. The molecule has 1 aromatic rings. The fraction of sp³-hybridized carbons (Fsp3) is 0.333. The number of carbonyl (C=O) groups is 2. The van der Waals surface area contributed by atoms with Crippen molar-refractivity contribution in [1.82, 2.24) is 10.6 Å². The first-order valence-electron chi connectivity index (χ1n) is 5.62. The van der Waals surface area contributed by atoms with Gasteiger partial charge in [0.15, 0.2) is 6.61 Å². The van der Waals surface area contributed by atoms with E-state index in [0.29, 0.717) is 5.56 Å². The molecule has 1 aromatic carbocycles. The van der Waals surface area contributed by atoms with Crippen LogP contribution in [0.15, 0.2) is 18.2 Å². The van der Waals surface area contributed by atoms with Crippen molar-refractivity contribution < 1.29 is 18.7 Å². The third-order valence-electron chi connectivity index (χ3n) is 2.50. The summed E-state index contributed by atoms with van der Waals surface area (Å²) in [5, 5.41) is 4.75. The number of halogens is 1. The second-order valence-electron chi connectivity index (χ2n) is 3.89. The van der Waals surface area contributed by atoms with Gasteiger partial charge < -0.3 is 15.8 Å². The second-order valence-corrected chi connectivity index (χ2v) is 3.89. The van der Waals surface area contributed by atoms with Gasteiger partial charge in [-0.25, -0.2) is 9.18 Å². The summed E-state index contributed by atoms with van der Waals surface area (Å²) in [4.78, 5) is 21.5. The minimum absolute atomic E-state index is 0.132. The Hall–Kier alpha value is -2.15. The first kappa shape index (κ1) is 14.9. The summed E-state index contributed by atoms with van der Waals surface area (Å²) in [5.74, 6) is -0.931. The molecule has 1 rings (SSSR count). The molecule has 3 amide bonds. The third kappa shape index (κ3) is 4.55. The van der Waals surface area contributed by atoms with Gasteiger partial charge in [-0.1, -0.05) is 6.07 Å². The van der Waals surface area contributed by atoms with Gasteiger partial charge in [-0.05, 0) is 20.0 Å². The van der Waals surface area contributed by atoms with Gasteiger partial charge in [-0.3, -0.25) is 10.1 Å². The Morgan fingerprint density at radius 1 is 1.47 bits per heavy atom. The van der Waals surface area contributed by atoms with E-state index in [1.54, 1.807) is 19.2 Å². The van der Waals surface area contributed by atoms with Gasteiger partial charge in [-0.2, -0.15) is 0 Å². The molecule has 0 saturated carbocycles. The Bertz CT molecular complexity index is 479. The monoisotopic (exact) mass is 269 g/mol. The molecular weight excluding hydrogens is 253 g/mol. The van der Waals surface area contributed by atoms with E-state index >= 15 is 0 Å². The van der Waals surface area contributed by atoms with Gasteiger partial charge in [0.25, 0.3) is 5.91 Å². The van der Waals surface area contributed by atoms with Crippen LogP contribution in [-0.2, 0) is 4.79 Å². The number of benzene rings is 1. The number of rotatable bonds is 5. The lowest BCUT2D eigenvalue weighted by Crippen LogP contribution is -2.38. The fourth-order valence-corrected chi connectivity index (χ4v) is 1.43. The molecule has 19 heavy (non-hydrogen) atoms. The predicted molar refractivity (Wildman–Crippen MR) is 67.1 cm³/mol. The van der Waals surface area contributed by atoms with E-state index in [4.69, 9.17) is 10.5 Å². The Labute approximate surface area is 110 Å². The third-order valence-corrected chi connectivity index (χ3v) is 2.50. The smallest absolute Gasteiger partial charge is 0.318 e. The lowest BCUT2D eigenvalue weighted by Gasteiger charge is -2.13. The summed E-state index contributed by atoms with van der Waals surface area (Å²) in [7, 11) is 1.72. The van der Waals surface area contributed by atoms with Crippen LogP contribution in [0, 0.1) is 5.82 Å². The van der Waals surface area contributed by atoms with Gasteiger partial charge in [0.05, 0.1) is 0 Å². The van der Waals surface area contributed by atoms with Gasteiger partial charge in [0, 0.05) is 17.7 Å². The van der Waals surface area contributed by atoms with Gasteiger partial charge in [0.1, 0.15) is 11.6 Å². The van der Waals surface area contributed by atoms with E-state index in [9.17, 15) is 14.0 Å². The van der Waals surface area contributed by atoms with Crippen LogP contribution in [0.4, 0.5) is 9.18 Å². The Morgan fingerprint density at radius 2 is 2.16 bits per heavy atom. The van der Waals surface area contributed by atoms with Crippen LogP contribution in [0.25, 0.3) is 0 Å². The highest BCUT2D eigenvalue weighted by atomic mass is 19.1. The molecule has 7 heteroatoms. The Balaban J connectivity index is 2.64. The van der Waals surface area contributed by atoms with Crippen molar-refractivity contribution in [3.8, 4) is 5.75 Å². The zero-order valence-corrected chi connectivity index (χ0v) is 10.7. The molecule has 0 bridgehead atoms. The highest BCUT2D eigenvalue weighted by molar-refractivity contribution is 5.94. The maximum atomic E-state index is 13.7. The average Bonchev–Trinajstić information content (AvgIpc) is 2.35. The molecule has 0 aliphatic heterocycles. The summed E-state index contributed by atoms with van der Waals surface area (Å²) < 4.78 is 18.8. The molecule has 4 N–H and O–H groups in total. The highest BCUT2D eigenvalue weighted by Gasteiger charge is 2.11. The molecule has 1 atom stereocenters. The van der Waals surface area contributed by atoms with E-state index < -0.39 is 24.4 Å². The van der Waals surface area contributed by atoms with E-state index in [-0.39, 0.29) is 11.8 Å². The first-order chi connectivity index (χ1) is 8.93. The first-order valence-corrected chi connectivity index (χ1v) is 5.62. The molecular formula is C12H16FN3O3. The highest BCUT2D eigenvalue weighted by Crippen LogP contribution is 2.21. The van der Waals surface area contributed by atoms with Crippen LogP contribution < -0.4 is 21.1 Å². The number of primary amides is 1. The van der Waals surface area contributed by atoms with Crippen LogP contribution in [0.1, 0.15) is 18.5 Å². The number of hydrogen-bond acceptors (Lipinski definition) is 4. The quantitative estimate of drug-likeness (QED) is 0.732. The van der Waals surface area contributed by atoms with Gasteiger partial charge in [0.2, 0.25) is 0 Å². The summed E-state index contributed by atoms with van der Waals surface area (Å²) in [5.41, 5.74) is 5.26. The van der Waals surface area contributed by atoms with Crippen molar-refractivity contribution in [3.63, 3.8) is 0 Å². The Kier molecular flexibility index (Phi) is 5.25. The molecule has 1 unspecified atom stereocenters. The van der Waals surface area contributed by atoms with Crippen LogP contribution in [-0.4, -0.2) is 25.6 Å². The number of ether oxygens (including phenoxy) is 1. The average molecular weight is 269 g/mol. The van der Waals surface area contributed by atoms with Crippen LogP contribution in [0.2, 0.25) is 0 Å². The zero-order chi connectivity index (χ0) is 14.4. The molecule has 0 fully saturated rings. The molecule has 0 aliphatic carbocycles. The molecule has 0 saturated heterocycles. The number of nitrogens with two attached hydrogens (primary N) is 1. The molecule has 0 aliphatic rings. The van der Waals surface area contributed by atoms with Gasteiger partial charge >= 0.3 is 6.03 Å². The van der Waals surface area contributed by atoms with Crippen molar-refractivity contribution in [2.45, 2.75) is 13.0 Å².